The molecule has 2 amide bonds. The van der Waals surface area contributed by atoms with Gasteiger partial charge in [0.2, 0.25) is 5.91 Å². The monoisotopic (exact) mass is 388 g/mol. The van der Waals surface area contributed by atoms with E-state index in [1.807, 2.05) is 6.92 Å². The van der Waals surface area contributed by atoms with Crippen molar-refractivity contribution in [3.63, 3.8) is 0 Å². The van der Waals surface area contributed by atoms with Crippen molar-refractivity contribution in [3.8, 4) is 5.75 Å². The van der Waals surface area contributed by atoms with Gasteiger partial charge in [-0.05, 0) is 56.7 Å². The lowest BCUT2D eigenvalue weighted by Crippen LogP contribution is -2.50. The Labute approximate surface area is 167 Å². The van der Waals surface area contributed by atoms with Crippen LogP contribution in [0.4, 0.5) is 0 Å². The summed E-state index contributed by atoms with van der Waals surface area (Å²) in [5, 5.41) is 15.9. The number of rotatable bonds is 7. The first kappa shape index (κ1) is 20.6. The third-order valence-corrected chi connectivity index (χ3v) is 5.82. The van der Waals surface area contributed by atoms with Crippen molar-refractivity contribution >= 4 is 11.8 Å². The largest absolute Gasteiger partial charge is 0.508 e. The highest BCUT2D eigenvalue weighted by molar-refractivity contribution is 5.94. The predicted octanol–water partition coefficient (Wildman–Crippen LogP) is 3.14. The van der Waals surface area contributed by atoms with Crippen LogP contribution in [-0.2, 0) is 9.53 Å². The number of carbonyl (C=O) groups is 2. The summed E-state index contributed by atoms with van der Waals surface area (Å²) in [7, 11) is 0. The van der Waals surface area contributed by atoms with E-state index in [-0.39, 0.29) is 35.6 Å². The lowest BCUT2D eigenvalue weighted by Gasteiger charge is -2.36. The Morgan fingerprint density at radius 2 is 1.93 bits per heavy atom. The smallest absolute Gasteiger partial charge is 0.251 e. The molecular weight excluding hydrogens is 356 g/mol. The van der Waals surface area contributed by atoms with Crippen LogP contribution >= 0.6 is 0 Å². The number of aromatic hydroxyl groups is 1. The third kappa shape index (κ3) is 5.47. The van der Waals surface area contributed by atoms with Gasteiger partial charge in [-0.1, -0.05) is 25.8 Å². The molecule has 0 radical (unpaired) electrons. The lowest BCUT2D eigenvalue weighted by atomic mass is 9.82. The minimum atomic E-state index is -0.222. The van der Waals surface area contributed by atoms with Gasteiger partial charge < -0.3 is 20.5 Å². The van der Waals surface area contributed by atoms with Crippen LogP contribution in [0.2, 0.25) is 0 Å². The van der Waals surface area contributed by atoms with Crippen molar-refractivity contribution in [1.29, 1.82) is 0 Å². The van der Waals surface area contributed by atoms with E-state index >= 15 is 0 Å². The van der Waals surface area contributed by atoms with Crippen molar-refractivity contribution in [2.75, 3.05) is 6.61 Å². The molecule has 28 heavy (non-hydrogen) atoms. The van der Waals surface area contributed by atoms with Gasteiger partial charge >= 0.3 is 0 Å². The Bertz CT molecular complexity index is 672. The first-order valence-corrected chi connectivity index (χ1v) is 10.6. The van der Waals surface area contributed by atoms with Crippen molar-refractivity contribution in [3.05, 3.63) is 29.8 Å². The number of nitrogens with one attached hydrogen (secondary N) is 2. The zero-order chi connectivity index (χ0) is 19.9. The lowest BCUT2D eigenvalue weighted by molar-refractivity contribution is -0.129. The van der Waals surface area contributed by atoms with Crippen molar-refractivity contribution in [1.82, 2.24) is 10.6 Å². The number of benzene rings is 1. The molecule has 3 rings (SSSR count). The molecule has 3 N–H and O–H groups in total. The van der Waals surface area contributed by atoms with Gasteiger partial charge in [-0.15, -0.1) is 0 Å². The van der Waals surface area contributed by atoms with E-state index < -0.39 is 0 Å². The van der Waals surface area contributed by atoms with Crippen molar-refractivity contribution in [2.24, 2.45) is 5.92 Å². The second kappa shape index (κ2) is 9.92. The van der Waals surface area contributed by atoms with Gasteiger partial charge in [-0.2, -0.15) is 0 Å². The fourth-order valence-electron chi connectivity index (χ4n) is 4.27. The Hall–Kier alpha value is -2.08. The molecule has 1 aromatic carbocycles. The number of phenolic OH excluding ortho intramolecular Hbond substituents is 1. The van der Waals surface area contributed by atoms with Crippen molar-refractivity contribution in [2.45, 2.75) is 76.5 Å². The molecule has 1 aromatic rings. The first-order valence-electron chi connectivity index (χ1n) is 10.6. The van der Waals surface area contributed by atoms with Gasteiger partial charge in [0.1, 0.15) is 5.75 Å². The third-order valence-electron chi connectivity index (χ3n) is 5.82. The molecule has 0 heterocycles. The maximum Gasteiger partial charge on any atom is 0.251 e. The van der Waals surface area contributed by atoms with Crippen LogP contribution in [0.5, 0.6) is 5.75 Å². The number of carbonyl (C=O) groups excluding carboxylic acids is 2. The minimum Gasteiger partial charge on any atom is -0.508 e. The van der Waals surface area contributed by atoms with Crippen LogP contribution in [0, 0.1) is 5.92 Å². The highest BCUT2D eigenvalue weighted by Gasteiger charge is 2.36. The summed E-state index contributed by atoms with van der Waals surface area (Å²) in [6.07, 6.45) is 7.35. The van der Waals surface area contributed by atoms with E-state index in [2.05, 4.69) is 10.6 Å². The fourth-order valence-corrected chi connectivity index (χ4v) is 4.27. The Balaban J connectivity index is 1.60. The summed E-state index contributed by atoms with van der Waals surface area (Å²) in [5.74, 6) is -0.0790. The predicted molar refractivity (Wildman–Crippen MR) is 107 cm³/mol. The normalized spacial score (nSPS) is 25.4. The Morgan fingerprint density at radius 1 is 1.14 bits per heavy atom. The number of hydrogen-bond acceptors (Lipinski definition) is 4. The summed E-state index contributed by atoms with van der Waals surface area (Å²) < 4.78 is 6.01. The molecule has 0 unspecified atom stereocenters. The van der Waals surface area contributed by atoms with E-state index in [1.165, 1.54) is 25.0 Å². The molecule has 2 aliphatic carbocycles. The number of hydrogen-bond donors (Lipinski definition) is 3. The molecule has 0 aliphatic heterocycles. The van der Waals surface area contributed by atoms with E-state index in [0.717, 1.165) is 25.7 Å². The van der Waals surface area contributed by atoms with Gasteiger partial charge in [-0.3, -0.25) is 9.59 Å². The quantitative estimate of drug-likeness (QED) is 0.670. The van der Waals surface area contributed by atoms with Crippen LogP contribution in [-0.4, -0.2) is 41.7 Å². The molecule has 2 fully saturated rings. The van der Waals surface area contributed by atoms with E-state index in [9.17, 15) is 14.7 Å². The van der Waals surface area contributed by atoms with Crippen LogP contribution < -0.4 is 10.6 Å². The summed E-state index contributed by atoms with van der Waals surface area (Å²) >= 11 is 0. The Kier molecular flexibility index (Phi) is 7.31. The van der Waals surface area contributed by atoms with Crippen LogP contribution in [0.3, 0.4) is 0 Å². The molecule has 2 saturated carbocycles. The molecule has 0 aromatic heterocycles. The zero-order valence-corrected chi connectivity index (χ0v) is 16.7. The molecular formula is C22H32N2O4. The second-order valence-electron chi connectivity index (χ2n) is 8.04. The summed E-state index contributed by atoms with van der Waals surface area (Å²) in [6.45, 7) is 2.66. The second-order valence-corrected chi connectivity index (χ2v) is 8.04. The minimum absolute atomic E-state index is 0.0589. The summed E-state index contributed by atoms with van der Waals surface area (Å²) in [4.78, 5) is 25.3. The van der Waals surface area contributed by atoms with Gasteiger partial charge in [0, 0.05) is 24.1 Å². The molecule has 0 spiro atoms. The molecule has 6 nitrogen and oxygen atoms in total. The maximum atomic E-state index is 12.7. The van der Waals surface area contributed by atoms with Crippen LogP contribution in [0.15, 0.2) is 24.3 Å². The topological polar surface area (TPSA) is 87.7 Å². The van der Waals surface area contributed by atoms with Gasteiger partial charge in [0.05, 0.1) is 12.1 Å². The SMILES string of the molecule is CCCO[C@@H]1C[C@@H](C(=O)NC2CCCC2)CC[C@H]1NC(=O)c1cccc(O)c1. The fraction of sp³-hybridized carbons (Fsp3) is 0.636. The standard InChI is InChI=1S/C22H32N2O4/c1-2-12-28-20-14-16(21(26)23-17-7-3-4-8-17)10-11-19(20)24-22(27)15-6-5-9-18(25)13-15/h5-6,9,13,16-17,19-20,25H,2-4,7-8,10-12,14H2,1H3,(H,23,26)(H,24,27)/t16-,19+,20+/m0/s1. The molecule has 154 valence electrons. The molecule has 6 heteroatoms. The summed E-state index contributed by atoms with van der Waals surface area (Å²) in [6, 6.07) is 6.52. The van der Waals surface area contributed by atoms with E-state index in [0.29, 0.717) is 31.1 Å². The maximum absolute atomic E-state index is 12.7. The molecule has 0 saturated heterocycles. The number of phenols is 1. The number of ether oxygens (including phenoxy) is 1. The number of amides is 2. The molecule has 0 bridgehead atoms. The van der Waals surface area contributed by atoms with Gasteiger partial charge in [0.15, 0.2) is 0 Å². The molecule has 3 atom stereocenters. The van der Waals surface area contributed by atoms with E-state index in [1.54, 1.807) is 12.1 Å². The zero-order valence-electron chi connectivity index (χ0n) is 16.7. The Morgan fingerprint density at radius 3 is 2.64 bits per heavy atom. The average Bonchev–Trinajstić information content (AvgIpc) is 3.20. The highest BCUT2D eigenvalue weighted by atomic mass is 16.5. The van der Waals surface area contributed by atoms with E-state index in [4.69, 9.17) is 4.74 Å². The summed E-state index contributed by atoms with van der Waals surface area (Å²) in [5.41, 5.74) is 0.426. The average molecular weight is 389 g/mol. The van der Waals surface area contributed by atoms with Crippen molar-refractivity contribution < 1.29 is 19.4 Å². The highest BCUT2D eigenvalue weighted by Crippen LogP contribution is 2.29. The van der Waals surface area contributed by atoms with Crippen LogP contribution in [0.25, 0.3) is 0 Å². The van der Waals surface area contributed by atoms with Gasteiger partial charge in [-0.25, -0.2) is 0 Å². The molecule has 2 aliphatic rings. The van der Waals surface area contributed by atoms with Crippen LogP contribution in [0.1, 0.15) is 68.6 Å². The first-order chi connectivity index (χ1) is 13.6. The van der Waals surface area contributed by atoms with Gasteiger partial charge in [0.25, 0.3) is 5.91 Å².